The van der Waals surface area contributed by atoms with Crippen LogP contribution in [0.2, 0.25) is 0 Å². The van der Waals surface area contributed by atoms with Gasteiger partial charge in [0.15, 0.2) is 22.6 Å². The van der Waals surface area contributed by atoms with Crippen LogP contribution in [0.25, 0.3) is 22.3 Å². The number of halogens is 1. The molecule has 1 heterocycles. The van der Waals surface area contributed by atoms with E-state index in [9.17, 15) is 25.5 Å². The van der Waals surface area contributed by atoms with Gasteiger partial charge in [-0.25, -0.2) is 4.42 Å². The molecule has 3 rings (SSSR count). The molecule has 1 aromatic heterocycles. The Balaban J connectivity index is 0.00000176. The molecule has 0 bridgehead atoms. The van der Waals surface area contributed by atoms with E-state index in [-0.39, 0.29) is 29.1 Å². The minimum atomic E-state index is -0.806. The van der Waals surface area contributed by atoms with Crippen LogP contribution >= 0.6 is 0 Å². The Bertz CT molecular complexity index is 848. The lowest BCUT2D eigenvalue weighted by Gasteiger charge is -2.04. The summed E-state index contributed by atoms with van der Waals surface area (Å²) in [5.41, 5.74) is 0.413. The summed E-state index contributed by atoms with van der Waals surface area (Å²) in [6.07, 6.45) is 0. The largest absolute Gasteiger partial charge is 1.00 e. The summed E-state index contributed by atoms with van der Waals surface area (Å²) in [5, 5.41) is 48.5. The zero-order chi connectivity index (χ0) is 15.1. The molecule has 0 amide bonds. The van der Waals surface area contributed by atoms with Gasteiger partial charge in [-0.2, -0.15) is 0 Å². The van der Waals surface area contributed by atoms with E-state index in [4.69, 9.17) is 4.42 Å². The van der Waals surface area contributed by atoms with Crippen LogP contribution < -0.4 is 12.4 Å². The number of phenolic OH excluding ortho intramolecular Hbond substituents is 3. The van der Waals surface area contributed by atoms with Crippen molar-refractivity contribution in [3.05, 3.63) is 36.4 Å². The first kappa shape index (κ1) is 15.5. The van der Waals surface area contributed by atoms with Crippen LogP contribution in [-0.4, -0.2) is 25.5 Å². The molecular formula is C15H11ClO6. The monoisotopic (exact) mass is 322 g/mol. The Morgan fingerprint density at radius 2 is 1.32 bits per heavy atom. The van der Waals surface area contributed by atoms with E-state index < -0.39 is 28.7 Å². The molecule has 0 aliphatic rings. The molecule has 5 N–H and O–H groups in total. The fraction of sp³-hybridized carbons (Fsp3) is 0. The second-order valence-corrected chi connectivity index (χ2v) is 4.46. The van der Waals surface area contributed by atoms with Gasteiger partial charge in [0.1, 0.15) is 0 Å². The Morgan fingerprint density at radius 3 is 1.95 bits per heavy atom. The van der Waals surface area contributed by atoms with Crippen LogP contribution in [0.5, 0.6) is 28.7 Å². The molecule has 6 nitrogen and oxygen atoms in total. The maximum atomic E-state index is 10.0. The number of rotatable bonds is 1. The molecule has 2 aromatic carbocycles. The van der Waals surface area contributed by atoms with E-state index in [0.29, 0.717) is 5.56 Å². The van der Waals surface area contributed by atoms with Crippen molar-refractivity contribution in [2.24, 2.45) is 0 Å². The molecule has 0 atom stereocenters. The third kappa shape index (κ3) is 2.19. The van der Waals surface area contributed by atoms with Gasteiger partial charge in [-0.3, -0.25) is 0 Å². The van der Waals surface area contributed by atoms with Crippen molar-refractivity contribution in [3.63, 3.8) is 0 Å². The summed E-state index contributed by atoms with van der Waals surface area (Å²) in [6.45, 7) is 0. The molecule has 0 spiro atoms. The van der Waals surface area contributed by atoms with Gasteiger partial charge in [0.25, 0.3) is 5.75 Å². The number of hydrogen-bond donors (Lipinski definition) is 5. The average Bonchev–Trinajstić information content (AvgIpc) is 2.49. The van der Waals surface area contributed by atoms with E-state index in [1.807, 2.05) is 0 Å². The summed E-state index contributed by atoms with van der Waals surface area (Å²) < 4.78 is 5.44. The van der Waals surface area contributed by atoms with Crippen molar-refractivity contribution in [2.75, 3.05) is 0 Å². The van der Waals surface area contributed by atoms with E-state index in [1.165, 1.54) is 0 Å². The Morgan fingerprint density at radius 1 is 0.727 bits per heavy atom. The maximum absolute atomic E-state index is 10.0. The molecule has 0 saturated heterocycles. The van der Waals surface area contributed by atoms with Gasteiger partial charge in [-0.15, -0.1) is 0 Å². The van der Waals surface area contributed by atoms with Gasteiger partial charge in [0.05, 0.1) is 11.6 Å². The Labute approximate surface area is 130 Å². The van der Waals surface area contributed by atoms with Crippen LogP contribution in [0, 0.1) is 0 Å². The summed E-state index contributed by atoms with van der Waals surface area (Å²) >= 11 is 0. The van der Waals surface area contributed by atoms with Crippen molar-refractivity contribution in [2.45, 2.75) is 0 Å². The molecule has 3 aromatic rings. The van der Waals surface area contributed by atoms with E-state index in [2.05, 4.69) is 0 Å². The highest BCUT2D eigenvalue weighted by atomic mass is 35.5. The number of fused-ring (bicyclic) bond motifs is 1. The first-order valence-corrected chi connectivity index (χ1v) is 6.01. The third-order valence-electron chi connectivity index (χ3n) is 3.14. The van der Waals surface area contributed by atoms with E-state index in [1.54, 1.807) is 30.3 Å². The fourth-order valence-corrected chi connectivity index (χ4v) is 2.10. The zero-order valence-electron chi connectivity index (χ0n) is 11.0. The minimum Gasteiger partial charge on any atom is -1.00 e. The van der Waals surface area contributed by atoms with E-state index >= 15 is 0 Å². The Hall–Kier alpha value is -2.86. The number of hydrogen-bond acceptors (Lipinski definition) is 5. The smallest absolute Gasteiger partial charge is 0.405 e. The van der Waals surface area contributed by atoms with Gasteiger partial charge >= 0.3 is 11.3 Å². The quantitative estimate of drug-likeness (QED) is 0.316. The predicted molar refractivity (Wildman–Crippen MR) is 74.4 cm³/mol. The van der Waals surface area contributed by atoms with E-state index in [0.717, 1.165) is 6.07 Å². The van der Waals surface area contributed by atoms with Crippen molar-refractivity contribution in [1.82, 2.24) is 0 Å². The lowest BCUT2D eigenvalue weighted by atomic mass is 10.1. The van der Waals surface area contributed by atoms with Crippen LogP contribution in [0.1, 0.15) is 0 Å². The van der Waals surface area contributed by atoms with Crippen molar-refractivity contribution in [3.8, 4) is 40.1 Å². The first-order chi connectivity index (χ1) is 10.0. The van der Waals surface area contributed by atoms with Gasteiger partial charge in [0.2, 0.25) is 5.75 Å². The van der Waals surface area contributed by atoms with Crippen LogP contribution in [0.4, 0.5) is 0 Å². The number of phenols is 3. The molecule has 22 heavy (non-hydrogen) atoms. The highest BCUT2D eigenvalue weighted by Gasteiger charge is 2.31. The summed E-state index contributed by atoms with van der Waals surface area (Å²) in [4.78, 5) is 0. The molecule has 114 valence electrons. The second kappa shape index (κ2) is 5.50. The SMILES string of the molecule is Oc1cc2[o+]c(-c3ccccc3)c(O)c(O)c2c(O)c1O.[Cl-]. The molecule has 0 fully saturated rings. The summed E-state index contributed by atoms with van der Waals surface area (Å²) in [7, 11) is 0. The van der Waals surface area contributed by atoms with Crippen molar-refractivity contribution < 1.29 is 42.4 Å². The van der Waals surface area contributed by atoms with Gasteiger partial charge < -0.3 is 37.9 Å². The minimum absolute atomic E-state index is 0. The molecule has 0 saturated carbocycles. The highest BCUT2D eigenvalue weighted by molar-refractivity contribution is 5.96. The standard InChI is InChI=1S/C15H10O6.ClH/c16-8-6-9-10(12(18)11(8)17)13(19)14(20)15(21-9)7-4-2-1-3-5-7;/h1-6H,(H4-,16,17,18,19,20);1H. The van der Waals surface area contributed by atoms with Gasteiger partial charge in [0, 0.05) is 0 Å². The van der Waals surface area contributed by atoms with Crippen molar-refractivity contribution >= 4 is 11.0 Å². The molecule has 7 heteroatoms. The third-order valence-corrected chi connectivity index (χ3v) is 3.14. The van der Waals surface area contributed by atoms with Crippen LogP contribution in [-0.2, 0) is 0 Å². The molecule has 0 aliphatic heterocycles. The highest BCUT2D eigenvalue weighted by Crippen LogP contribution is 2.50. The van der Waals surface area contributed by atoms with Gasteiger partial charge in [-0.05, 0) is 12.1 Å². The normalized spacial score (nSPS) is 10.4. The molecule has 0 radical (unpaired) electrons. The fourth-order valence-electron chi connectivity index (χ4n) is 2.10. The first-order valence-electron chi connectivity index (χ1n) is 6.01. The molecule has 0 unspecified atom stereocenters. The van der Waals surface area contributed by atoms with Crippen LogP contribution in [0.3, 0.4) is 0 Å². The number of aromatic hydroxyl groups is 5. The van der Waals surface area contributed by atoms with Crippen LogP contribution in [0.15, 0.2) is 40.8 Å². The van der Waals surface area contributed by atoms with Gasteiger partial charge in [-0.1, -0.05) is 18.2 Å². The molecule has 0 aliphatic carbocycles. The average molecular weight is 323 g/mol. The lowest BCUT2D eigenvalue weighted by molar-refractivity contribution is -0.00000889. The topological polar surface area (TPSA) is 112 Å². The number of benzene rings is 2. The zero-order valence-corrected chi connectivity index (χ0v) is 11.7. The predicted octanol–water partition coefficient (Wildman–Crippen LogP) is -0.0871. The lowest BCUT2D eigenvalue weighted by Crippen LogP contribution is -3.00. The van der Waals surface area contributed by atoms with Crippen molar-refractivity contribution in [1.29, 1.82) is 0 Å². The maximum Gasteiger partial charge on any atom is 0.405 e. The summed E-state index contributed by atoms with van der Waals surface area (Å²) in [5.74, 6) is -3.43. The summed E-state index contributed by atoms with van der Waals surface area (Å²) in [6, 6.07) is 9.57. The second-order valence-electron chi connectivity index (χ2n) is 4.46. The molecular weight excluding hydrogens is 312 g/mol. The Kier molecular flexibility index (Phi) is 3.88.